The molecule has 114 valence electrons. The number of aliphatic hydroxyl groups is 1. The molecule has 1 aromatic rings. The Morgan fingerprint density at radius 2 is 1.75 bits per heavy atom. The first-order valence-electron chi connectivity index (χ1n) is 7.34. The summed E-state index contributed by atoms with van der Waals surface area (Å²) in [5.41, 5.74) is 2.40. The highest BCUT2D eigenvalue weighted by molar-refractivity contribution is 5.30. The molecule has 0 aliphatic carbocycles. The van der Waals surface area contributed by atoms with Crippen molar-refractivity contribution >= 4 is 0 Å². The van der Waals surface area contributed by atoms with E-state index in [-0.39, 0.29) is 11.9 Å². The summed E-state index contributed by atoms with van der Waals surface area (Å²) in [6.07, 6.45) is -0.377. The van der Waals surface area contributed by atoms with Crippen molar-refractivity contribution in [2.45, 2.75) is 40.3 Å². The fraction of sp³-hybridized carbons (Fsp3) is 0.625. The minimum absolute atomic E-state index is 0.129. The summed E-state index contributed by atoms with van der Waals surface area (Å²) in [4.78, 5) is 2.19. The smallest absolute Gasteiger partial charge is 0.129 e. The van der Waals surface area contributed by atoms with E-state index in [1.807, 2.05) is 12.1 Å². The molecule has 0 spiro atoms. The Bertz CT molecular complexity index is 396. The van der Waals surface area contributed by atoms with Gasteiger partial charge in [0, 0.05) is 19.6 Å². The lowest BCUT2D eigenvalue weighted by Gasteiger charge is -2.22. The van der Waals surface area contributed by atoms with E-state index in [0.717, 1.165) is 18.7 Å². The molecular weight excluding hydrogens is 255 g/mol. The molecule has 0 aliphatic rings. The number of nitrogens with one attached hydrogen (secondary N) is 1. The van der Waals surface area contributed by atoms with Crippen LogP contribution in [0, 0.1) is 19.7 Å². The van der Waals surface area contributed by atoms with Gasteiger partial charge in [-0.3, -0.25) is 0 Å². The molecule has 20 heavy (non-hydrogen) atoms. The van der Waals surface area contributed by atoms with Crippen LogP contribution in [0.2, 0.25) is 0 Å². The molecule has 0 saturated carbocycles. The summed E-state index contributed by atoms with van der Waals surface area (Å²) < 4.78 is 13.5. The fourth-order valence-electron chi connectivity index (χ4n) is 2.37. The monoisotopic (exact) mass is 282 g/mol. The summed E-state index contributed by atoms with van der Waals surface area (Å²) >= 11 is 0. The Labute approximate surface area is 121 Å². The average Bonchev–Trinajstić information content (AvgIpc) is 2.42. The van der Waals surface area contributed by atoms with Crippen LogP contribution in [0.15, 0.2) is 12.1 Å². The highest BCUT2D eigenvalue weighted by atomic mass is 19.1. The number of rotatable bonds is 8. The number of aryl methyl sites for hydroxylation is 2. The quantitative estimate of drug-likeness (QED) is 0.767. The van der Waals surface area contributed by atoms with Crippen molar-refractivity contribution in [3.05, 3.63) is 34.6 Å². The first-order chi connectivity index (χ1) is 9.47. The summed E-state index contributed by atoms with van der Waals surface area (Å²) in [6, 6.07) is 3.71. The second-order valence-electron chi connectivity index (χ2n) is 5.31. The largest absolute Gasteiger partial charge is 0.390 e. The van der Waals surface area contributed by atoms with Crippen LogP contribution < -0.4 is 5.32 Å². The zero-order chi connectivity index (χ0) is 15.1. The van der Waals surface area contributed by atoms with E-state index in [2.05, 4.69) is 24.1 Å². The molecule has 0 heterocycles. The third kappa shape index (κ3) is 5.19. The van der Waals surface area contributed by atoms with Gasteiger partial charge < -0.3 is 15.3 Å². The van der Waals surface area contributed by atoms with Gasteiger partial charge in [-0.25, -0.2) is 4.39 Å². The molecule has 0 fully saturated rings. The maximum atomic E-state index is 13.5. The molecule has 3 nitrogen and oxygen atoms in total. The second-order valence-corrected chi connectivity index (χ2v) is 5.31. The maximum absolute atomic E-state index is 13.5. The van der Waals surface area contributed by atoms with Gasteiger partial charge in [0.1, 0.15) is 5.82 Å². The number of nitrogens with zero attached hydrogens (tertiary/aromatic N) is 1. The number of likely N-dealkylation sites (N-methyl/N-ethyl adjacent to an activating group) is 1. The van der Waals surface area contributed by atoms with E-state index in [0.29, 0.717) is 30.8 Å². The summed E-state index contributed by atoms with van der Waals surface area (Å²) in [5.74, 6) is -0.129. The van der Waals surface area contributed by atoms with Gasteiger partial charge >= 0.3 is 0 Å². The lowest BCUT2D eigenvalue weighted by Crippen LogP contribution is -2.38. The minimum Gasteiger partial charge on any atom is -0.390 e. The number of aliphatic hydroxyl groups excluding tert-OH is 1. The molecule has 0 aromatic heterocycles. The summed E-state index contributed by atoms with van der Waals surface area (Å²) in [7, 11) is 0. The highest BCUT2D eigenvalue weighted by Crippen LogP contribution is 2.14. The number of hydrogen-bond acceptors (Lipinski definition) is 3. The normalized spacial score (nSPS) is 12.9. The zero-order valence-electron chi connectivity index (χ0n) is 13.0. The molecule has 1 atom stereocenters. The fourth-order valence-corrected chi connectivity index (χ4v) is 2.37. The number of hydrogen-bond donors (Lipinski definition) is 2. The number of benzene rings is 1. The topological polar surface area (TPSA) is 35.5 Å². The van der Waals surface area contributed by atoms with E-state index in [1.165, 1.54) is 0 Å². The molecular formula is C16H27FN2O. The maximum Gasteiger partial charge on any atom is 0.129 e. The van der Waals surface area contributed by atoms with Crippen LogP contribution in [0.3, 0.4) is 0 Å². The highest BCUT2D eigenvalue weighted by Gasteiger charge is 2.09. The second kappa shape index (κ2) is 8.35. The minimum atomic E-state index is -0.377. The van der Waals surface area contributed by atoms with E-state index in [1.54, 1.807) is 13.8 Å². The van der Waals surface area contributed by atoms with Crippen molar-refractivity contribution in [1.82, 2.24) is 10.2 Å². The third-order valence-corrected chi connectivity index (χ3v) is 3.57. The molecule has 0 bridgehead atoms. The lowest BCUT2D eigenvalue weighted by molar-refractivity contribution is 0.116. The van der Waals surface area contributed by atoms with Gasteiger partial charge in [-0.2, -0.15) is 0 Å². The standard InChI is InChI=1S/C16H27FN2O/c1-5-19(6-2)11-15(20)10-18-9-14-7-12(3)16(17)13(4)8-14/h7-8,15,18,20H,5-6,9-11H2,1-4H3. The van der Waals surface area contributed by atoms with Crippen LogP contribution in [-0.4, -0.2) is 42.3 Å². The Morgan fingerprint density at radius 1 is 1.20 bits per heavy atom. The average molecular weight is 282 g/mol. The van der Waals surface area contributed by atoms with E-state index >= 15 is 0 Å². The Morgan fingerprint density at radius 3 is 2.25 bits per heavy atom. The Hall–Kier alpha value is -0.970. The Kier molecular flexibility index (Phi) is 7.13. The molecule has 1 aromatic carbocycles. The summed E-state index contributed by atoms with van der Waals surface area (Å²) in [6.45, 7) is 11.5. The van der Waals surface area contributed by atoms with E-state index in [9.17, 15) is 9.50 Å². The van der Waals surface area contributed by atoms with Gasteiger partial charge in [0.2, 0.25) is 0 Å². The van der Waals surface area contributed by atoms with Crippen LogP contribution >= 0.6 is 0 Å². The van der Waals surface area contributed by atoms with Crippen molar-refractivity contribution in [3.63, 3.8) is 0 Å². The SMILES string of the molecule is CCN(CC)CC(O)CNCc1cc(C)c(F)c(C)c1. The van der Waals surface area contributed by atoms with Crippen molar-refractivity contribution < 1.29 is 9.50 Å². The summed E-state index contributed by atoms with van der Waals surface area (Å²) in [5, 5.41) is 13.2. The molecule has 0 aliphatic heterocycles. The predicted octanol–water partition coefficient (Wildman–Crippen LogP) is 2.23. The van der Waals surface area contributed by atoms with Crippen LogP contribution in [-0.2, 0) is 6.54 Å². The molecule has 0 amide bonds. The third-order valence-electron chi connectivity index (χ3n) is 3.57. The molecule has 1 rings (SSSR count). The van der Waals surface area contributed by atoms with Gasteiger partial charge in [0.05, 0.1) is 6.10 Å². The first-order valence-corrected chi connectivity index (χ1v) is 7.34. The van der Waals surface area contributed by atoms with Gasteiger partial charge in [-0.15, -0.1) is 0 Å². The lowest BCUT2D eigenvalue weighted by atomic mass is 10.1. The predicted molar refractivity (Wildman–Crippen MR) is 81.4 cm³/mol. The van der Waals surface area contributed by atoms with Crippen molar-refractivity contribution in [3.8, 4) is 0 Å². The van der Waals surface area contributed by atoms with Gasteiger partial charge in [0.25, 0.3) is 0 Å². The van der Waals surface area contributed by atoms with Crippen molar-refractivity contribution in [2.24, 2.45) is 0 Å². The van der Waals surface area contributed by atoms with Gasteiger partial charge in [0.15, 0.2) is 0 Å². The molecule has 0 saturated heterocycles. The van der Waals surface area contributed by atoms with Gasteiger partial charge in [-0.05, 0) is 43.6 Å². The molecule has 4 heteroatoms. The Balaban J connectivity index is 2.41. The van der Waals surface area contributed by atoms with E-state index in [4.69, 9.17) is 0 Å². The number of halogens is 1. The van der Waals surface area contributed by atoms with Crippen LogP contribution in [0.5, 0.6) is 0 Å². The van der Waals surface area contributed by atoms with Crippen LogP contribution in [0.25, 0.3) is 0 Å². The van der Waals surface area contributed by atoms with Crippen LogP contribution in [0.4, 0.5) is 4.39 Å². The van der Waals surface area contributed by atoms with Crippen LogP contribution in [0.1, 0.15) is 30.5 Å². The molecule has 1 unspecified atom stereocenters. The van der Waals surface area contributed by atoms with Gasteiger partial charge in [-0.1, -0.05) is 26.0 Å². The van der Waals surface area contributed by atoms with E-state index < -0.39 is 0 Å². The molecule has 2 N–H and O–H groups in total. The van der Waals surface area contributed by atoms with Crippen molar-refractivity contribution in [2.75, 3.05) is 26.2 Å². The molecule has 0 radical (unpaired) electrons. The van der Waals surface area contributed by atoms with Crippen molar-refractivity contribution in [1.29, 1.82) is 0 Å². The zero-order valence-corrected chi connectivity index (χ0v) is 13.0. The first kappa shape index (κ1) is 17.1.